The first-order valence-electron chi connectivity index (χ1n) is 10.1. The van der Waals surface area contributed by atoms with E-state index in [2.05, 4.69) is 27.6 Å². The van der Waals surface area contributed by atoms with Crippen molar-refractivity contribution in [3.8, 4) is 11.4 Å². The van der Waals surface area contributed by atoms with E-state index in [4.69, 9.17) is 9.47 Å². The molecule has 0 radical (unpaired) electrons. The maximum Gasteiger partial charge on any atom is 0.191 e. The molecule has 1 aliphatic carbocycles. The first-order chi connectivity index (χ1) is 13.8. The number of ether oxygens (including phenoxy) is 2. The molecule has 0 atom stereocenters. The highest BCUT2D eigenvalue weighted by Crippen LogP contribution is 2.28. The summed E-state index contributed by atoms with van der Waals surface area (Å²) in [5.74, 6) is 2.47. The van der Waals surface area contributed by atoms with Crippen LogP contribution in [0.25, 0.3) is 5.69 Å². The van der Waals surface area contributed by atoms with Crippen LogP contribution >= 0.6 is 24.0 Å². The zero-order valence-electron chi connectivity index (χ0n) is 17.3. The molecule has 8 heteroatoms. The Morgan fingerprint density at radius 2 is 2.00 bits per heavy atom. The van der Waals surface area contributed by atoms with E-state index in [1.807, 2.05) is 41.2 Å². The molecule has 0 saturated heterocycles. The van der Waals surface area contributed by atoms with Crippen molar-refractivity contribution in [2.45, 2.75) is 32.7 Å². The molecule has 1 fully saturated rings. The summed E-state index contributed by atoms with van der Waals surface area (Å²) in [6, 6.07) is 9.81. The number of methoxy groups -OCH3 is 1. The molecule has 0 bridgehead atoms. The number of aromatic nitrogens is 2. The molecular formula is C21H32IN5O2. The first-order valence-corrected chi connectivity index (χ1v) is 10.1. The monoisotopic (exact) mass is 513 g/mol. The molecule has 1 heterocycles. The standard InChI is InChI=1S/C21H31N5O2.HI/c1-3-22-21(23-12-4-14-28-16-17-5-6-17)24-15-18-11-13-26(25-18)19-7-9-20(27-2)10-8-19;/h7-11,13,17H,3-6,12,14-16H2,1-2H3,(H2,22,23,24);1H. The number of hydrogen-bond donors (Lipinski definition) is 2. The van der Waals surface area contributed by atoms with Crippen LogP contribution in [0.15, 0.2) is 41.5 Å². The summed E-state index contributed by atoms with van der Waals surface area (Å²) < 4.78 is 12.7. The lowest BCUT2D eigenvalue weighted by Gasteiger charge is -2.11. The van der Waals surface area contributed by atoms with Gasteiger partial charge in [0.15, 0.2) is 5.96 Å². The minimum Gasteiger partial charge on any atom is -0.497 e. The van der Waals surface area contributed by atoms with E-state index in [0.29, 0.717) is 6.54 Å². The van der Waals surface area contributed by atoms with Gasteiger partial charge in [-0.05, 0) is 62.4 Å². The third-order valence-corrected chi connectivity index (χ3v) is 4.53. The molecule has 0 unspecified atom stereocenters. The van der Waals surface area contributed by atoms with Gasteiger partial charge < -0.3 is 20.1 Å². The summed E-state index contributed by atoms with van der Waals surface area (Å²) in [6.07, 6.45) is 5.60. The van der Waals surface area contributed by atoms with Gasteiger partial charge in [0.05, 0.1) is 25.0 Å². The smallest absolute Gasteiger partial charge is 0.191 e. The molecular weight excluding hydrogens is 481 g/mol. The van der Waals surface area contributed by atoms with Crippen LogP contribution < -0.4 is 15.4 Å². The molecule has 1 aromatic carbocycles. The molecule has 0 spiro atoms. The van der Waals surface area contributed by atoms with Crippen LogP contribution in [0.2, 0.25) is 0 Å². The molecule has 1 aliphatic rings. The van der Waals surface area contributed by atoms with Crippen LogP contribution in [0.3, 0.4) is 0 Å². The van der Waals surface area contributed by atoms with E-state index in [1.165, 1.54) is 12.8 Å². The van der Waals surface area contributed by atoms with Crippen molar-refractivity contribution in [1.29, 1.82) is 0 Å². The second-order valence-corrected chi connectivity index (χ2v) is 6.94. The van der Waals surface area contributed by atoms with Gasteiger partial charge in [0.1, 0.15) is 5.75 Å². The lowest BCUT2D eigenvalue weighted by Crippen LogP contribution is -2.38. The normalized spacial score (nSPS) is 13.7. The van der Waals surface area contributed by atoms with Gasteiger partial charge in [-0.1, -0.05) is 0 Å². The summed E-state index contributed by atoms with van der Waals surface area (Å²) in [6.45, 7) is 5.98. The number of rotatable bonds is 11. The minimum absolute atomic E-state index is 0. The highest BCUT2D eigenvalue weighted by atomic mass is 127. The molecule has 0 amide bonds. The zero-order chi connectivity index (χ0) is 19.6. The van der Waals surface area contributed by atoms with E-state index in [1.54, 1.807) is 7.11 Å². The average Bonchev–Trinajstić information content (AvgIpc) is 3.43. The van der Waals surface area contributed by atoms with Gasteiger partial charge in [-0.25, -0.2) is 9.67 Å². The summed E-state index contributed by atoms with van der Waals surface area (Å²) >= 11 is 0. The van der Waals surface area contributed by atoms with E-state index in [-0.39, 0.29) is 24.0 Å². The molecule has 160 valence electrons. The number of nitrogens with one attached hydrogen (secondary N) is 2. The Kier molecular flexibility index (Phi) is 10.3. The number of nitrogens with zero attached hydrogens (tertiary/aromatic N) is 3. The van der Waals surface area contributed by atoms with Crippen LogP contribution in [0.4, 0.5) is 0 Å². The second-order valence-electron chi connectivity index (χ2n) is 6.94. The number of halogens is 1. The fourth-order valence-electron chi connectivity index (χ4n) is 2.74. The fraction of sp³-hybridized carbons (Fsp3) is 0.524. The van der Waals surface area contributed by atoms with Crippen LogP contribution in [0.5, 0.6) is 5.75 Å². The third-order valence-electron chi connectivity index (χ3n) is 4.53. The number of aliphatic imine (C=N–C) groups is 1. The number of benzene rings is 1. The largest absolute Gasteiger partial charge is 0.497 e. The topological polar surface area (TPSA) is 72.7 Å². The van der Waals surface area contributed by atoms with Crippen molar-refractivity contribution in [1.82, 2.24) is 20.4 Å². The van der Waals surface area contributed by atoms with Crippen LogP contribution in [-0.4, -0.2) is 49.2 Å². The zero-order valence-corrected chi connectivity index (χ0v) is 19.6. The molecule has 1 saturated carbocycles. The van der Waals surface area contributed by atoms with Crippen molar-refractivity contribution >= 4 is 29.9 Å². The number of hydrogen-bond acceptors (Lipinski definition) is 4. The third kappa shape index (κ3) is 8.22. The van der Waals surface area contributed by atoms with Gasteiger partial charge in [-0.3, -0.25) is 0 Å². The van der Waals surface area contributed by atoms with E-state index >= 15 is 0 Å². The minimum atomic E-state index is 0. The van der Waals surface area contributed by atoms with Gasteiger partial charge in [-0.2, -0.15) is 5.10 Å². The predicted molar refractivity (Wildman–Crippen MR) is 127 cm³/mol. The Morgan fingerprint density at radius 1 is 1.21 bits per heavy atom. The van der Waals surface area contributed by atoms with Crippen molar-refractivity contribution in [3.05, 3.63) is 42.2 Å². The van der Waals surface area contributed by atoms with E-state index in [9.17, 15) is 0 Å². The van der Waals surface area contributed by atoms with Crippen molar-refractivity contribution < 1.29 is 9.47 Å². The molecule has 29 heavy (non-hydrogen) atoms. The summed E-state index contributed by atoms with van der Waals surface area (Å²) in [5, 5.41) is 11.2. The van der Waals surface area contributed by atoms with Gasteiger partial charge in [0, 0.05) is 32.5 Å². The quantitative estimate of drug-likeness (QED) is 0.209. The molecule has 1 aromatic heterocycles. The lowest BCUT2D eigenvalue weighted by molar-refractivity contribution is 0.123. The summed E-state index contributed by atoms with van der Waals surface area (Å²) in [5.41, 5.74) is 1.91. The molecule has 3 rings (SSSR count). The molecule has 2 N–H and O–H groups in total. The second kappa shape index (κ2) is 12.7. The van der Waals surface area contributed by atoms with E-state index in [0.717, 1.165) is 61.7 Å². The average molecular weight is 513 g/mol. The Morgan fingerprint density at radius 3 is 2.69 bits per heavy atom. The number of guanidine groups is 1. The first kappa shape index (κ1) is 23.5. The van der Waals surface area contributed by atoms with Crippen LogP contribution in [0, 0.1) is 5.92 Å². The van der Waals surface area contributed by atoms with Crippen LogP contribution in [0.1, 0.15) is 31.9 Å². The fourth-order valence-corrected chi connectivity index (χ4v) is 2.74. The van der Waals surface area contributed by atoms with E-state index < -0.39 is 0 Å². The van der Waals surface area contributed by atoms with Crippen LogP contribution in [-0.2, 0) is 11.3 Å². The SMILES string of the molecule is CCNC(=NCc1ccn(-c2ccc(OC)cc2)n1)NCCCOCC1CC1.I. The summed E-state index contributed by atoms with van der Waals surface area (Å²) in [7, 11) is 1.66. The highest BCUT2D eigenvalue weighted by Gasteiger charge is 2.20. The molecule has 0 aliphatic heterocycles. The maximum atomic E-state index is 5.67. The maximum absolute atomic E-state index is 5.67. The van der Waals surface area contributed by atoms with Gasteiger partial charge in [-0.15, -0.1) is 24.0 Å². The Labute approximate surface area is 190 Å². The molecule has 2 aromatic rings. The summed E-state index contributed by atoms with van der Waals surface area (Å²) in [4.78, 5) is 4.63. The highest BCUT2D eigenvalue weighted by molar-refractivity contribution is 14.0. The lowest BCUT2D eigenvalue weighted by atomic mass is 10.3. The Balaban J connectivity index is 0.00000300. The Bertz CT molecular complexity index is 744. The Hall–Kier alpha value is -1.81. The molecule has 7 nitrogen and oxygen atoms in total. The van der Waals surface area contributed by atoms with Gasteiger partial charge in [0.25, 0.3) is 0 Å². The van der Waals surface area contributed by atoms with Gasteiger partial charge in [0.2, 0.25) is 0 Å². The van der Waals surface area contributed by atoms with Crippen molar-refractivity contribution in [2.75, 3.05) is 33.4 Å². The van der Waals surface area contributed by atoms with Gasteiger partial charge >= 0.3 is 0 Å². The van der Waals surface area contributed by atoms with Crippen molar-refractivity contribution in [2.24, 2.45) is 10.9 Å². The predicted octanol–water partition coefficient (Wildman–Crippen LogP) is 3.37. The van der Waals surface area contributed by atoms with Crippen molar-refractivity contribution in [3.63, 3.8) is 0 Å².